The third-order valence-corrected chi connectivity index (χ3v) is 3.80. The van der Waals surface area contributed by atoms with Crippen LogP contribution in [-0.2, 0) is 6.42 Å². The quantitative estimate of drug-likeness (QED) is 0.840. The van der Waals surface area contributed by atoms with Gasteiger partial charge in [0.1, 0.15) is 5.82 Å². The minimum atomic E-state index is 0.333. The van der Waals surface area contributed by atoms with Gasteiger partial charge in [-0.05, 0) is 39.7 Å². The maximum Gasteiger partial charge on any atom is 0.229 e. The van der Waals surface area contributed by atoms with Crippen LogP contribution in [0, 0.1) is 0 Å². The average molecular weight is 321 g/mol. The summed E-state index contributed by atoms with van der Waals surface area (Å²) in [6, 6.07) is 5.57. The molecule has 3 nitrogen and oxygen atoms in total. The summed E-state index contributed by atoms with van der Waals surface area (Å²) in [5, 5.41) is 8.81. The van der Waals surface area contributed by atoms with E-state index in [1.165, 1.54) is 0 Å². The molecule has 0 radical (unpaired) electrons. The zero-order valence-corrected chi connectivity index (χ0v) is 11.5. The molecule has 1 aromatic heterocycles. The van der Waals surface area contributed by atoms with Crippen LogP contribution in [0.4, 0.5) is 0 Å². The van der Waals surface area contributed by atoms with E-state index < -0.39 is 0 Å². The molecule has 84 valence electrons. The number of aryl methyl sites for hydroxylation is 1. The number of benzene rings is 1. The Kier molecular flexibility index (Phi) is 3.52. The Hall–Kier alpha value is -0.580. The van der Waals surface area contributed by atoms with Gasteiger partial charge in [0.05, 0.1) is 15.2 Å². The first-order valence-corrected chi connectivity index (χ1v) is 6.24. The first-order chi connectivity index (χ1) is 7.65. The molecule has 2 rings (SSSR count). The van der Waals surface area contributed by atoms with E-state index in [4.69, 9.17) is 23.2 Å². The molecule has 0 amide bonds. The summed E-state index contributed by atoms with van der Waals surface area (Å²) < 4.78 is 2.56. The van der Waals surface area contributed by atoms with Crippen molar-refractivity contribution in [3.8, 4) is 5.69 Å². The predicted molar refractivity (Wildman–Crippen MR) is 68.5 cm³/mol. The molecule has 0 spiro atoms. The molecule has 0 atom stereocenters. The van der Waals surface area contributed by atoms with E-state index in [9.17, 15) is 0 Å². The highest BCUT2D eigenvalue weighted by molar-refractivity contribution is 9.10. The molecule has 0 saturated heterocycles. The van der Waals surface area contributed by atoms with Crippen LogP contribution < -0.4 is 0 Å². The number of halogens is 3. The zero-order valence-electron chi connectivity index (χ0n) is 8.41. The topological polar surface area (TPSA) is 30.7 Å². The van der Waals surface area contributed by atoms with Crippen LogP contribution in [0.2, 0.25) is 10.3 Å². The van der Waals surface area contributed by atoms with Crippen LogP contribution in [0.1, 0.15) is 12.7 Å². The first kappa shape index (κ1) is 11.9. The van der Waals surface area contributed by atoms with Crippen molar-refractivity contribution in [3.05, 3.63) is 38.8 Å². The average Bonchev–Trinajstić information content (AvgIpc) is 2.64. The van der Waals surface area contributed by atoms with Gasteiger partial charge in [0, 0.05) is 6.42 Å². The van der Waals surface area contributed by atoms with E-state index in [1.54, 1.807) is 10.6 Å². The Balaban J connectivity index is 2.67. The molecule has 0 saturated carbocycles. The van der Waals surface area contributed by atoms with Gasteiger partial charge in [-0.1, -0.05) is 24.6 Å². The van der Waals surface area contributed by atoms with Crippen molar-refractivity contribution < 1.29 is 0 Å². The summed E-state index contributed by atoms with van der Waals surface area (Å²) in [5.41, 5.74) is 0.847. The van der Waals surface area contributed by atoms with Gasteiger partial charge < -0.3 is 0 Å². The van der Waals surface area contributed by atoms with Crippen molar-refractivity contribution in [2.75, 3.05) is 0 Å². The lowest BCUT2D eigenvalue weighted by molar-refractivity contribution is 0.881. The van der Waals surface area contributed by atoms with Crippen LogP contribution in [-0.4, -0.2) is 14.8 Å². The van der Waals surface area contributed by atoms with E-state index in [2.05, 4.69) is 26.1 Å². The second kappa shape index (κ2) is 4.73. The van der Waals surface area contributed by atoms with Gasteiger partial charge in [-0.3, -0.25) is 4.57 Å². The van der Waals surface area contributed by atoms with E-state index in [0.29, 0.717) is 10.3 Å². The summed E-state index contributed by atoms with van der Waals surface area (Å²) in [7, 11) is 0. The minimum absolute atomic E-state index is 0.333. The van der Waals surface area contributed by atoms with Crippen molar-refractivity contribution in [2.24, 2.45) is 0 Å². The largest absolute Gasteiger partial charge is 0.269 e. The van der Waals surface area contributed by atoms with E-state index in [-0.39, 0.29) is 0 Å². The van der Waals surface area contributed by atoms with Gasteiger partial charge in [0.25, 0.3) is 0 Å². The number of nitrogens with zero attached hydrogens (tertiary/aromatic N) is 3. The maximum absolute atomic E-state index is 6.03. The molecule has 0 bridgehead atoms. The SMILES string of the molecule is CCc1nnc(Cl)n1-c1cccc(Cl)c1Br. The van der Waals surface area contributed by atoms with Gasteiger partial charge in [-0.2, -0.15) is 0 Å². The third-order valence-electron chi connectivity index (χ3n) is 2.18. The summed E-state index contributed by atoms with van der Waals surface area (Å²) in [4.78, 5) is 0. The van der Waals surface area contributed by atoms with Crippen LogP contribution in [0.15, 0.2) is 22.7 Å². The molecule has 1 heterocycles. The zero-order chi connectivity index (χ0) is 11.7. The monoisotopic (exact) mass is 319 g/mol. The highest BCUT2D eigenvalue weighted by Gasteiger charge is 2.14. The highest BCUT2D eigenvalue weighted by atomic mass is 79.9. The lowest BCUT2D eigenvalue weighted by Crippen LogP contribution is -2.01. The Labute approximate surface area is 112 Å². The lowest BCUT2D eigenvalue weighted by atomic mass is 10.3. The van der Waals surface area contributed by atoms with Crippen LogP contribution >= 0.6 is 39.1 Å². The summed E-state index contributed by atoms with van der Waals surface area (Å²) >= 11 is 15.5. The number of hydrogen-bond donors (Lipinski definition) is 0. The summed E-state index contributed by atoms with van der Waals surface area (Å²) in [5.74, 6) is 0.799. The van der Waals surface area contributed by atoms with Gasteiger partial charge in [-0.15, -0.1) is 10.2 Å². The van der Waals surface area contributed by atoms with Crippen molar-refractivity contribution >= 4 is 39.1 Å². The molecule has 1 aromatic carbocycles. The Morgan fingerprint density at radius 2 is 2.06 bits per heavy atom. The van der Waals surface area contributed by atoms with Gasteiger partial charge in [0.15, 0.2) is 0 Å². The second-order valence-corrected chi connectivity index (χ2v) is 4.69. The molecule has 0 unspecified atom stereocenters. The molecule has 0 fully saturated rings. The van der Waals surface area contributed by atoms with Crippen molar-refractivity contribution in [3.63, 3.8) is 0 Å². The standard InChI is InChI=1S/C10H8BrCl2N3/c1-2-8-14-15-10(13)16(8)7-5-3-4-6(12)9(7)11/h3-5H,2H2,1H3. The van der Waals surface area contributed by atoms with Crippen molar-refractivity contribution in [1.82, 2.24) is 14.8 Å². The number of hydrogen-bond acceptors (Lipinski definition) is 2. The van der Waals surface area contributed by atoms with Crippen LogP contribution in [0.5, 0.6) is 0 Å². The molecule has 0 aliphatic heterocycles. The Morgan fingerprint density at radius 1 is 1.31 bits per heavy atom. The van der Waals surface area contributed by atoms with Crippen molar-refractivity contribution in [2.45, 2.75) is 13.3 Å². The normalized spacial score (nSPS) is 10.8. The van der Waals surface area contributed by atoms with Gasteiger partial charge >= 0.3 is 0 Å². The molecule has 0 aliphatic carbocycles. The number of rotatable bonds is 2. The summed E-state index contributed by atoms with van der Waals surface area (Å²) in [6.45, 7) is 2.00. The lowest BCUT2D eigenvalue weighted by Gasteiger charge is -2.09. The minimum Gasteiger partial charge on any atom is -0.269 e. The molecular weight excluding hydrogens is 313 g/mol. The Bertz CT molecular complexity index is 525. The molecule has 0 N–H and O–H groups in total. The Morgan fingerprint density at radius 3 is 2.75 bits per heavy atom. The molecule has 2 aromatic rings. The molecule has 0 aliphatic rings. The fourth-order valence-corrected chi connectivity index (χ4v) is 2.26. The summed E-state index contributed by atoms with van der Waals surface area (Å²) in [6.07, 6.45) is 0.749. The van der Waals surface area contributed by atoms with E-state index in [0.717, 1.165) is 22.4 Å². The fourth-order valence-electron chi connectivity index (χ4n) is 1.43. The van der Waals surface area contributed by atoms with Crippen LogP contribution in [0.3, 0.4) is 0 Å². The highest BCUT2D eigenvalue weighted by Crippen LogP contribution is 2.31. The number of aromatic nitrogens is 3. The molecule has 16 heavy (non-hydrogen) atoms. The van der Waals surface area contributed by atoms with Crippen molar-refractivity contribution in [1.29, 1.82) is 0 Å². The molecule has 6 heteroatoms. The van der Waals surface area contributed by atoms with E-state index >= 15 is 0 Å². The van der Waals surface area contributed by atoms with Crippen LogP contribution in [0.25, 0.3) is 5.69 Å². The first-order valence-electron chi connectivity index (χ1n) is 4.69. The third kappa shape index (κ3) is 1.97. The fraction of sp³-hybridized carbons (Fsp3) is 0.200. The second-order valence-electron chi connectivity index (χ2n) is 3.15. The predicted octanol–water partition coefficient (Wildman–Crippen LogP) is 3.90. The maximum atomic E-state index is 6.03. The van der Waals surface area contributed by atoms with Gasteiger partial charge in [0.2, 0.25) is 5.28 Å². The molecular formula is C10H8BrCl2N3. The smallest absolute Gasteiger partial charge is 0.229 e. The van der Waals surface area contributed by atoms with Gasteiger partial charge in [-0.25, -0.2) is 0 Å². The van der Waals surface area contributed by atoms with E-state index in [1.807, 2.05) is 19.1 Å².